The summed E-state index contributed by atoms with van der Waals surface area (Å²) in [7, 11) is -0.560. The van der Waals surface area contributed by atoms with Gasteiger partial charge in [0.15, 0.2) is 0 Å². The van der Waals surface area contributed by atoms with Gasteiger partial charge in [0.2, 0.25) is 10.0 Å². The number of hydrogen-bond acceptors (Lipinski definition) is 3. The fraction of sp³-hybridized carbons (Fsp3) is 0. The summed E-state index contributed by atoms with van der Waals surface area (Å²) in [6, 6.07) is 1.20. The normalized spacial score (nSPS) is 11.6. The lowest BCUT2D eigenvalue weighted by Gasteiger charge is -2.02. The molecule has 13 heavy (non-hydrogen) atoms. The summed E-state index contributed by atoms with van der Waals surface area (Å²) in [6.45, 7) is 0. The number of nitrogens with one attached hydrogen (secondary N) is 1. The number of aromatic nitrogens is 1. The molecule has 0 saturated carbocycles. The Labute approximate surface area is 85.9 Å². The van der Waals surface area contributed by atoms with Crippen molar-refractivity contribution in [2.45, 2.75) is 4.90 Å². The second kappa shape index (κ2) is 3.79. The fourth-order valence-corrected chi connectivity index (χ4v) is 1.60. The fourth-order valence-electron chi connectivity index (χ4n) is 0.634. The van der Waals surface area contributed by atoms with Crippen molar-refractivity contribution < 1.29 is 8.42 Å². The van der Waals surface area contributed by atoms with E-state index in [1.165, 1.54) is 6.07 Å². The van der Waals surface area contributed by atoms with Gasteiger partial charge in [-0.05, 0) is 6.07 Å². The van der Waals surface area contributed by atoms with Crippen molar-refractivity contribution in [3.63, 3.8) is 0 Å². The number of sulfonamides is 1. The van der Waals surface area contributed by atoms with Crippen LogP contribution in [0.15, 0.2) is 17.2 Å². The summed E-state index contributed by atoms with van der Waals surface area (Å²) < 4.78 is 24.2. The molecule has 0 aromatic carbocycles. The molecule has 4 nitrogen and oxygen atoms in total. The van der Waals surface area contributed by atoms with Gasteiger partial charge in [0, 0.05) is 13.2 Å². The number of halogens is 2. The molecule has 1 heterocycles. The number of pyridine rings is 1. The van der Waals surface area contributed by atoms with E-state index in [1.807, 2.05) is 4.72 Å². The quantitative estimate of drug-likeness (QED) is 0.796. The summed E-state index contributed by atoms with van der Waals surface area (Å²) in [4.78, 5) is 3.51. The molecule has 0 amide bonds. The molecule has 0 spiro atoms. The highest BCUT2D eigenvalue weighted by molar-refractivity contribution is 7.89. The zero-order valence-electron chi connectivity index (χ0n) is 6.29. The highest BCUT2D eigenvalue weighted by Gasteiger charge is 2.13. The third kappa shape index (κ3) is 2.31. The molecule has 0 bridgehead atoms. The molecule has 1 aromatic heterocycles. The standard InChI is InChI=1S/C6H5Cl2N2O2S/c1-9-13(11,12)4-2-5(7)6(8)10-3-4/h2-3,9H,1H2. The lowest BCUT2D eigenvalue weighted by molar-refractivity contribution is 0.590. The van der Waals surface area contributed by atoms with E-state index in [9.17, 15) is 8.42 Å². The van der Waals surface area contributed by atoms with E-state index in [0.29, 0.717) is 0 Å². The summed E-state index contributed by atoms with van der Waals surface area (Å²) in [5, 5.41) is 0.141. The van der Waals surface area contributed by atoms with Crippen molar-refractivity contribution in [2.24, 2.45) is 0 Å². The largest absolute Gasteiger partial charge is 0.242 e. The van der Waals surface area contributed by atoms with Gasteiger partial charge >= 0.3 is 0 Å². The molecular formula is C6H5Cl2N2O2S. The molecule has 0 aliphatic carbocycles. The monoisotopic (exact) mass is 239 g/mol. The van der Waals surface area contributed by atoms with Gasteiger partial charge in [-0.25, -0.2) is 18.1 Å². The molecule has 0 saturated heterocycles. The molecule has 0 aliphatic heterocycles. The Morgan fingerprint density at radius 1 is 1.46 bits per heavy atom. The van der Waals surface area contributed by atoms with Gasteiger partial charge in [0.25, 0.3) is 0 Å². The van der Waals surface area contributed by atoms with E-state index in [1.54, 1.807) is 0 Å². The molecule has 0 unspecified atom stereocenters. The Morgan fingerprint density at radius 3 is 2.54 bits per heavy atom. The highest BCUT2D eigenvalue weighted by atomic mass is 35.5. The van der Waals surface area contributed by atoms with Crippen molar-refractivity contribution in [2.75, 3.05) is 0 Å². The lowest BCUT2D eigenvalue weighted by Crippen LogP contribution is -2.16. The first-order chi connectivity index (χ1) is 5.97. The first-order valence-electron chi connectivity index (χ1n) is 3.07. The third-order valence-electron chi connectivity index (χ3n) is 1.27. The van der Waals surface area contributed by atoms with E-state index in [2.05, 4.69) is 12.0 Å². The van der Waals surface area contributed by atoms with Crippen LogP contribution in [-0.2, 0) is 10.0 Å². The molecule has 0 fully saturated rings. The number of rotatable bonds is 2. The first kappa shape index (κ1) is 10.7. The molecule has 7 heteroatoms. The van der Waals surface area contributed by atoms with Crippen LogP contribution in [0.25, 0.3) is 0 Å². The van der Waals surface area contributed by atoms with Crippen LogP contribution in [0, 0.1) is 7.05 Å². The van der Waals surface area contributed by atoms with Crippen LogP contribution >= 0.6 is 23.2 Å². The molecule has 1 aromatic rings. The van der Waals surface area contributed by atoms with Crippen LogP contribution in [0.3, 0.4) is 0 Å². The van der Waals surface area contributed by atoms with E-state index in [4.69, 9.17) is 23.2 Å². The second-order valence-corrected chi connectivity index (χ2v) is 4.62. The van der Waals surface area contributed by atoms with Crippen molar-refractivity contribution in [3.8, 4) is 0 Å². The summed E-state index contributed by atoms with van der Waals surface area (Å²) >= 11 is 11.1. The van der Waals surface area contributed by atoms with Gasteiger partial charge in [0.1, 0.15) is 10.0 Å². The predicted molar refractivity (Wildman–Crippen MR) is 49.9 cm³/mol. The minimum Gasteiger partial charge on any atom is -0.242 e. The van der Waals surface area contributed by atoms with Crippen molar-refractivity contribution in [1.29, 1.82) is 0 Å². The van der Waals surface area contributed by atoms with Crippen LogP contribution in [0.5, 0.6) is 0 Å². The van der Waals surface area contributed by atoms with Crippen molar-refractivity contribution in [1.82, 2.24) is 9.71 Å². The smallest absolute Gasteiger partial charge is 0.242 e. The minimum atomic E-state index is -3.60. The van der Waals surface area contributed by atoms with E-state index >= 15 is 0 Å². The SMILES string of the molecule is [CH2]NS(=O)(=O)c1cnc(Cl)c(Cl)c1. The van der Waals surface area contributed by atoms with Crippen LogP contribution in [0.2, 0.25) is 10.2 Å². The van der Waals surface area contributed by atoms with Crippen molar-refractivity contribution in [3.05, 3.63) is 29.5 Å². The van der Waals surface area contributed by atoms with E-state index in [0.717, 1.165) is 6.20 Å². The van der Waals surface area contributed by atoms with Crippen LogP contribution in [-0.4, -0.2) is 13.4 Å². The average molecular weight is 240 g/mol. The van der Waals surface area contributed by atoms with Crippen LogP contribution in [0.1, 0.15) is 0 Å². The number of hydrogen-bond donors (Lipinski definition) is 1. The molecule has 71 valence electrons. The molecule has 1 radical (unpaired) electrons. The number of nitrogens with zero attached hydrogens (tertiary/aromatic N) is 1. The maximum absolute atomic E-state index is 11.1. The average Bonchev–Trinajstić information content (AvgIpc) is 2.09. The van der Waals surface area contributed by atoms with E-state index < -0.39 is 10.0 Å². The Bertz CT molecular complexity index is 419. The first-order valence-corrected chi connectivity index (χ1v) is 5.31. The predicted octanol–water partition coefficient (Wildman–Crippen LogP) is 1.46. The minimum absolute atomic E-state index is 0.0599. The summed E-state index contributed by atoms with van der Waals surface area (Å²) in [5.74, 6) is 0. The van der Waals surface area contributed by atoms with Crippen molar-refractivity contribution >= 4 is 33.2 Å². The highest BCUT2D eigenvalue weighted by Crippen LogP contribution is 2.21. The molecule has 0 aliphatic rings. The van der Waals surface area contributed by atoms with Gasteiger partial charge in [-0.1, -0.05) is 23.2 Å². The van der Waals surface area contributed by atoms with Gasteiger partial charge in [0.05, 0.1) is 5.02 Å². The summed E-state index contributed by atoms with van der Waals surface area (Å²) in [6.07, 6.45) is 1.10. The Hall–Kier alpha value is -0.360. The Morgan fingerprint density at radius 2 is 2.08 bits per heavy atom. The van der Waals surface area contributed by atoms with Gasteiger partial charge in [-0.3, -0.25) is 0 Å². The zero-order chi connectivity index (χ0) is 10.1. The summed E-state index contributed by atoms with van der Waals surface area (Å²) in [5.41, 5.74) is 0. The van der Waals surface area contributed by atoms with E-state index in [-0.39, 0.29) is 15.1 Å². The van der Waals surface area contributed by atoms with Crippen LogP contribution in [0.4, 0.5) is 0 Å². The van der Waals surface area contributed by atoms with Gasteiger partial charge < -0.3 is 0 Å². The molecular weight excluding hydrogens is 235 g/mol. The third-order valence-corrected chi connectivity index (χ3v) is 3.18. The zero-order valence-corrected chi connectivity index (χ0v) is 8.62. The van der Waals surface area contributed by atoms with Gasteiger partial charge in [-0.2, -0.15) is 0 Å². The Balaban J connectivity index is 3.27. The molecule has 1 N–H and O–H groups in total. The molecule has 0 atom stereocenters. The second-order valence-electron chi connectivity index (χ2n) is 2.09. The maximum atomic E-state index is 11.1. The molecule has 1 rings (SSSR count). The Kier molecular flexibility index (Phi) is 3.13. The lowest BCUT2D eigenvalue weighted by atomic mass is 10.5. The topological polar surface area (TPSA) is 59.1 Å². The van der Waals surface area contributed by atoms with Gasteiger partial charge in [-0.15, -0.1) is 0 Å². The van der Waals surface area contributed by atoms with Crippen LogP contribution < -0.4 is 4.72 Å². The maximum Gasteiger partial charge on any atom is 0.242 e.